The van der Waals surface area contributed by atoms with Gasteiger partial charge in [-0.05, 0) is 20.3 Å². The van der Waals surface area contributed by atoms with Crippen molar-refractivity contribution in [2.75, 3.05) is 39.6 Å². The highest BCUT2D eigenvalue weighted by Crippen LogP contribution is 2.02. The van der Waals surface area contributed by atoms with Crippen LogP contribution < -0.4 is 0 Å². The van der Waals surface area contributed by atoms with E-state index in [1.54, 1.807) is 4.90 Å². The van der Waals surface area contributed by atoms with Crippen LogP contribution in [0, 0.1) is 0 Å². The van der Waals surface area contributed by atoms with Gasteiger partial charge in [0.15, 0.2) is 0 Å². The monoisotopic (exact) mass is 261 g/mol. The van der Waals surface area contributed by atoms with Crippen LogP contribution in [0.1, 0.15) is 33.6 Å². The van der Waals surface area contributed by atoms with Gasteiger partial charge in [0.1, 0.15) is 0 Å². The zero-order valence-electron chi connectivity index (χ0n) is 11.9. The van der Waals surface area contributed by atoms with Crippen molar-refractivity contribution in [2.24, 2.45) is 0 Å². The van der Waals surface area contributed by atoms with Gasteiger partial charge in [0.2, 0.25) is 5.91 Å². The van der Waals surface area contributed by atoms with Gasteiger partial charge in [-0.15, -0.1) is 0 Å². The molecule has 5 heteroatoms. The van der Waals surface area contributed by atoms with Crippen molar-refractivity contribution in [3.63, 3.8) is 0 Å². The third kappa shape index (κ3) is 8.44. The van der Waals surface area contributed by atoms with Crippen molar-refractivity contribution in [1.29, 1.82) is 0 Å². The van der Waals surface area contributed by atoms with E-state index in [0.717, 1.165) is 6.42 Å². The van der Waals surface area contributed by atoms with Crippen molar-refractivity contribution in [3.8, 4) is 0 Å². The van der Waals surface area contributed by atoms with Crippen LogP contribution in [0.3, 0.4) is 0 Å². The van der Waals surface area contributed by atoms with Crippen LogP contribution in [0.2, 0.25) is 0 Å². The van der Waals surface area contributed by atoms with E-state index in [0.29, 0.717) is 39.4 Å². The molecule has 0 radical (unpaired) electrons. The highest BCUT2D eigenvalue weighted by atomic mass is 16.5. The lowest BCUT2D eigenvalue weighted by atomic mass is 10.2. The molecule has 18 heavy (non-hydrogen) atoms. The summed E-state index contributed by atoms with van der Waals surface area (Å²) in [7, 11) is 0. The van der Waals surface area contributed by atoms with Crippen LogP contribution in [0.25, 0.3) is 0 Å². The highest BCUT2D eigenvalue weighted by molar-refractivity contribution is 5.76. The Balaban J connectivity index is 3.88. The zero-order chi connectivity index (χ0) is 13.8. The molecule has 0 spiro atoms. The number of carbonyl (C=O) groups is 1. The number of aliphatic hydroxyl groups is 1. The van der Waals surface area contributed by atoms with E-state index in [-0.39, 0.29) is 18.6 Å². The van der Waals surface area contributed by atoms with E-state index in [4.69, 9.17) is 14.6 Å². The van der Waals surface area contributed by atoms with Gasteiger partial charge in [0.05, 0.1) is 32.8 Å². The van der Waals surface area contributed by atoms with Crippen LogP contribution >= 0.6 is 0 Å². The smallest absolute Gasteiger partial charge is 0.225 e. The van der Waals surface area contributed by atoms with Crippen molar-refractivity contribution >= 4 is 5.91 Å². The molecule has 0 unspecified atom stereocenters. The molecule has 108 valence electrons. The van der Waals surface area contributed by atoms with Gasteiger partial charge in [-0.1, -0.05) is 6.92 Å². The lowest BCUT2D eigenvalue weighted by Crippen LogP contribution is -2.39. The van der Waals surface area contributed by atoms with Gasteiger partial charge in [0, 0.05) is 19.2 Å². The average molecular weight is 261 g/mol. The summed E-state index contributed by atoms with van der Waals surface area (Å²) < 4.78 is 10.5. The number of rotatable bonds is 11. The largest absolute Gasteiger partial charge is 0.394 e. The van der Waals surface area contributed by atoms with Crippen LogP contribution in [-0.2, 0) is 14.3 Å². The first-order valence-corrected chi connectivity index (χ1v) is 6.69. The Morgan fingerprint density at radius 3 is 2.39 bits per heavy atom. The van der Waals surface area contributed by atoms with Crippen LogP contribution in [0.4, 0.5) is 0 Å². The van der Waals surface area contributed by atoms with Crippen LogP contribution in [-0.4, -0.2) is 61.5 Å². The van der Waals surface area contributed by atoms with E-state index in [2.05, 4.69) is 0 Å². The summed E-state index contributed by atoms with van der Waals surface area (Å²) >= 11 is 0. The fourth-order valence-electron chi connectivity index (χ4n) is 1.55. The van der Waals surface area contributed by atoms with Crippen LogP contribution in [0.15, 0.2) is 0 Å². The first kappa shape index (κ1) is 17.4. The van der Waals surface area contributed by atoms with E-state index in [1.165, 1.54) is 0 Å². The number of aliphatic hydroxyl groups excluding tert-OH is 1. The molecule has 0 aromatic heterocycles. The minimum Gasteiger partial charge on any atom is -0.394 e. The quantitative estimate of drug-likeness (QED) is 0.565. The molecule has 0 aliphatic heterocycles. The highest BCUT2D eigenvalue weighted by Gasteiger charge is 2.16. The van der Waals surface area contributed by atoms with Crippen LogP contribution in [0.5, 0.6) is 0 Å². The molecule has 0 aliphatic rings. The molecule has 0 aromatic rings. The molecule has 0 atom stereocenters. The van der Waals surface area contributed by atoms with Gasteiger partial charge in [0.25, 0.3) is 0 Å². The van der Waals surface area contributed by atoms with Gasteiger partial charge < -0.3 is 19.5 Å². The second kappa shape index (κ2) is 11.4. The minimum atomic E-state index is 0.0144. The Morgan fingerprint density at radius 2 is 1.83 bits per heavy atom. The maximum Gasteiger partial charge on any atom is 0.225 e. The molecule has 0 saturated heterocycles. The van der Waals surface area contributed by atoms with E-state index >= 15 is 0 Å². The Morgan fingerprint density at radius 1 is 1.17 bits per heavy atom. The summed E-state index contributed by atoms with van der Waals surface area (Å²) in [4.78, 5) is 13.7. The molecule has 5 nitrogen and oxygen atoms in total. The van der Waals surface area contributed by atoms with E-state index in [1.807, 2.05) is 20.8 Å². The lowest BCUT2D eigenvalue weighted by molar-refractivity contribution is -0.134. The Labute approximate surface area is 110 Å². The molecule has 0 heterocycles. The summed E-state index contributed by atoms with van der Waals surface area (Å²) in [5.74, 6) is 0.0914. The molecule has 0 aromatic carbocycles. The number of nitrogens with zero attached hydrogens (tertiary/aromatic N) is 1. The maximum absolute atomic E-state index is 12.0. The van der Waals surface area contributed by atoms with Crippen molar-refractivity contribution in [1.82, 2.24) is 4.90 Å². The predicted molar refractivity (Wildman–Crippen MR) is 70.5 cm³/mol. The topological polar surface area (TPSA) is 59.0 Å². The number of carbonyl (C=O) groups excluding carboxylic acids is 1. The second-order valence-corrected chi connectivity index (χ2v) is 4.38. The first-order valence-electron chi connectivity index (χ1n) is 6.69. The summed E-state index contributed by atoms with van der Waals surface area (Å²) in [6.45, 7) is 8.54. The SMILES string of the molecule is CCCOCCC(=O)N(CCOCCO)C(C)C. The van der Waals surface area contributed by atoms with Gasteiger partial charge in [-0.3, -0.25) is 4.79 Å². The standard InChI is InChI=1S/C13H27NO4/c1-4-8-17-9-5-13(16)14(12(2)3)6-10-18-11-7-15/h12,15H,4-11H2,1-3H3. The molecule has 0 fully saturated rings. The molecule has 0 aliphatic carbocycles. The second-order valence-electron chi connectivity index (χ2n) is 4.38. The Bertz CT molecular complexity index is 209. The predicted octanol–water partition coefficient (Wildman–Crippen LogP) is 1.05. The third-order valence-electron chi connectivity index (χ3n) is 2.46. The molecule has 1 amide bonds. The third-order valence-corrected chi connectivity index (χ3v) is 2.46. The van der Waals surface area contributed by atoms with Gasteiger partial charge in [-0.2, -0.15) is 0 Å². The lowest BCUT2D eigenvalue weighted by Gasteiger charge is -2.26. The number of hydrogen-bond acceptors (Lipinski definition) is 4. The molecular formula is C13H27NO4. The number of amides is 1. The van der Waals surface area contributed by atoms with E-state index in [9.17, 15) is 4.79 Å². The molecule has 0 saturated carbocycles. The Kier molecular flexibility index (Phi) is 11.0. The van der Waals surface area contributed by atoms with Gasteiger partial charge >= 0.3 is 0 Å². The summed E-state index contributed by atoms with van der Waals surface area (Å²) in [5, 5.41) is 8.59. The molecule has 0 rings (SSSR count). The zero-order valence-corrected chi connectivity index (χ0v) is 11.9. The normalized spacial score (nSPS) is 10.9. The fraction of sp³-hybridized carbons (Fsp3) is 0.923. The molecule has 1 N–H and O–H groups in total. The first-order chi connectivity index (χ1) is 8.63. The van der Waals surface area contributed by atoms with Crippen molar-refractivity contribution < 1.29 is 19.4 Å². The molecule has 0 bridgehead atoms. The number of hydrogen-bond donors (Lipinski definition) is 1. The van der Waals surface area contributed by atoms with E-state index < -0.39 is 0 Å². The summed E-state index contributed by atoms with van der Waals surface area (Å²) in [5.41, 5.74) is 0. The fourth-order valence-corrected chi connectivity index (χ4v) is 1.55. The minimum absolute atomic E-state index is 0.0144. The number of ether oxygens (including phenoxy) is 2. The van der Waals surface area contributed by atoms with Crippen molar-refractivity contribution in [3.05, 3.63) is 0 Å². The Hall–Kier alpha value is -0.650. The van der Waals surface area contributed by atoms with Gasteiger partial charge in [-0.25, -0.2) is 0 Å². The maximum atomic E-state index is 12.0. The average Bonchev–Trinajstić information content (AvgIpc) is 2.34. The summed E-state index contributed by atoms with van der Waals surface area (Å²) in [6, 6.07) is 0.154. The van der Waals surface area contributed by atoms with Crippen molar-refractivity contribution in [2.45, 2.75) is 39.7 Å². The summed E-state index contributed by atoms with van der Waals surface area (Å²) in [6.07, 6.45) is 1.38. The molecular weight excluding hydrogens is 234 g/mol.